The number of amides is 1. The lowest BCUT2D eigenvalue weighted by Crippen LogP contribution is -2.40. The number of likely N-dealkylation sites (N-methyl/N-ethyl adjacent to an activating group) is 1. The van der Waals surface area contributed by atoms with Gasteiger partial charge in [-0.1, -0.05) is 57.5 Å². The summed E-state index contributed by atoms with van der Waals surface area (Å²) in [6.07, 6.45) is 2.30. The first-order valence-electron chi connectivity index (χ1n) is 13.7. The fraction of sp³-hybridized carbons (Fsp3) is 0.690. The van der Waals surface area contributed by atoms with Crippen LogP contribution in [-0.4, -0.2) is 78.7 Å². The van der Waals surface area contributed by atoms with Gasteiger partial charge in [0, 0.05) is 32.1 Å². The molecule has 1 amide bonds. The van der Waals surface area contributed by atoms with Crippen LogP contribution in [0.3, 0.4) is 0 Å². The van der Waals surface area contributed by atoms with Crippen LogP contribution in [0.5, 0.6) is 0 Å². The van der Waals surface area contributed by atoms with Crippen molar-refractivity contribution in [2.24, 2.45) is 17.8 Å². The Labute approximate surface area is 222 Å². The smallest absolute Gasteiger partial charge is 0.410 e. The largest absolute Gasteiger partial charge is 0.465 e. The molecule has 1 aromatic rings. The lowest BCUT2D eigenvalue weighted by atomic mass is 9.86. The van der Waals surface area contributed by atoms with Crippen molar-refractivity contribution in [1.29, 1.82) is 0 Å². The maximum Gasteiger partial charge on any atom is 0.410 e. The summed E-state index contributed by atoms with van der Waals surface area (Å²) in [6, 6.07) is 9.58. The Morgan fingerprint density at radius 3 is 2.51 bits per heavy atom. The highest BCUT2D eigenvalue weighted by atomic mass is 16.6. The minimum Gasteiger partial charge on any atom is -0.465 e. The number of nitrogens with zero attached hydrogens (tertiary/aromatic N) is 2. The Morgan fingerprint density at radius 1 is 1.08 bits per heavy atom. The normalized spacial score (nSPS) is 26.1. The summed E-state index contributed by atoms with van der Waals surface area (Å²) in [6.45, 7) is 8.66. The topological polar surface area (TPSA) is 96.4 Å². The average molecular weight is 519 g/mol. The zero-order valence-electron chi connectivity index (χ0n) is 23.1. The molecule has 1 aliphatic heterocycles. The van der Waals surface area contributed by atoms with Crippen molar-refractivity contribution in [2.75, 3.05) is 39.8 Å². The number of carbonyl (C=O) groups is 3. The molecule has 0 bridgehead atoms. The van der Waals surface area contributed by atoms with Gasteiger partial charge in [0.25, 0.3) is 0 Å². The number of aliphatic hydroxyl groups is 1. The summed E-state index contributed by atoms with van der Waals surface area (Å²) in [5, 5.41) is 10.6. The van der Waals surface area contributed by atoms with Crippen molar-refractivity contribution < 1.29 is 29.0 Å². The van der Waals surface area contributed by atoms with Gasteiger partial charge in [-0.15, -0.1) is 0 Å². The number of ketones is 1. The van der Waals surface area contributed by atoms with E-state index in [1.807, 2.05) is 44.3 Å². The van der Waals surface area contributed by atoms with Crippen LogP contribution >= 0.6 is 0 Å². The fourth-order valence-corrected chi connectivity index (χ4v) is 4.87. The molecule has 2 unspecified atom stereocenters. The first kappa shape index (κ1) is 30.8. The van der Waals surface area contributed by atoms with Crippen molar-refractivity contribution in [1.82, 2.24) is 9.80 Å². The van der Waals surface area contributed by atoms with Crippen molar-refractivity contribution in [2.45, 2.75) is 72.0 Å². The third-order valence-corrected chi connectivity index (χ3v) is 6.90. The molecule has 0 radical (unpaired) electrons. The van der Waals surface area contributed by atoms with Gasteiger partial charge in [-0.05, 0) is 50.6 Å². The molecule has 8 nitrogen and oxygen atoms in total. The molecule has 0 aliphatic carbocycles. The number of rotatable bonds is 4. The molecule has 37 heavy (non-hydrogen) atoms. The number of hydrogen-bond donors (Lipinski definition) is 1. The zero-order chi connectivity index (χ0) is 27.2. The molecular formula is C29H46N2O6. The quantitative estimate of drug-likeness (QED) is 0.469. The molecule has 0 spiro atoms. The predicted octanol–water partition coefficient (Wildman–Crippen LogP) is 4.29. The predicted molar refractivity (Wildman–Crippen MR) is 143 cm³/mol. The summed E-state index contributed by atoms with van der Waals surface area (Å²) in [5.41, 5.74) is 0.930. The lowest BCUT2D eigenvalue weighted by Gasteiger charge is -2.28. The second kappa shape index (κ2) is 16.4. The van der Waals surface area contributed by atoms with E-state index in [-0.39, 0.29) is 31.0 Å². The highest BCUT2D eigenvalue weighted by Gasteiger charge is 2.32. The van der Waals surface area contributed by atoms with Gasteiger partial charge in [0.1, 0.15) is 18.3 Å². The minimum atomic E-state index is -0.792. The highest BCUT2D eigenvalue weighted by Crippen LogP contribution is 2.22. The van der Waals surface area contributed by atoms with Gasteiger partial charge < -0.3 is 24.4 Å². The van der Waals surface area contributed by atoms with Crippen LogP contribution in [0.4, 0.5) is 4.79 Å². The van der Waals surface area contributed by atoms with E-state index in [1.165, 1.54) is 0 Å². The minimum absolute atomic E-state index is 0.149. The van der Waals surface area contributed by atoms with E-state index in [9.17, 15) is 19.5 Å². The van der Waals surface area contributed by atoms with Crippen LogP contribution in [0.25, 0.3) is 0 Å². The maximum absolute atomic E-state index is 13.0. The van der Waals surface area contributed by atoms with E-state index in [4.69, 9.17) is 9.47 Å². The molecule has 1 N–H and O–H groups in total. The van der Waals surface area contributed by atoms with Crippen LogP contribution in [0.2, 0.25) is 0 Å². The highest BCUT2D eigenvalue weighted by molar-refractivity contribution is 6.00. The van der Waals surface area contributed by atoms with E-state index in [0.717, 1.165) is 12.1 Å². The fourth-order valence-electron chi connectivity index (χ4n) is 4.87. The molecule has 1 fully saturated rings. The third kappa shape index (κ3) is 11.2. The van der Waals surface area contributed by atoms with Crippen LogP contribution in [0, 0.1) is 17.8 Å². The number of benzene rings is 1. The monoisotopic (exact) mass is 518 g/mol. The van der Waals surface area contributed by atoms with Gasteiger partial charge in [0.15, 0.2) is 0 Å². The molecule has 1 heterocycles. The third-order valence-electron chi connectivity index (χ3n) is 6.90. The van der Waals surface area contributed by atoms with Gasteiger partial charge >= 0.3 is 12.1 Å². The summed E-state index contributed by atoms with van der Waals surface area (Å²) in [5.74, 6) is -1.62. The molecule has 2 rings (SSSR count). The molecule has 1 aromatic carbocycles. The number of ether oxygens (including phenoxy) is 2. The van der Waals surface area contributed by atoms with Gasteiger partial charge in [-0.3, -0.25) is 9.59 Å². The maximum atomic E-state index is 13.0. The van der Waals surface area contributed by atoms with Crippen molar-refractivity contribution in [3.05, 3.63) is 35.9 Å². The SMILES string of the molecule is CCCC1C(=O)OCCCCN(C(=O)OCc2ccccc2)CCN(C)C[C@H](C)C[C@@H](O)CC(C)C1=O. The summed E-state index contributed by atoms with van der Waals surface area (Å²) < 4.78 is 11.0. The van der Waals surface area contributed by atoms with Gasteiger partial charge in [0.2, 0.25) is 0 Å². The second-order valence-electron chi connectivity index (χ2n) is 10.5. The Morgan fingerprint density at radius 2 is 1.81 bits per heavy atom. The first-order chi connectivity index (χ1) is 17.7. The van der Waals surface area contributed by atoms with Gasteiger partial charge in [-0.25, -0.2) is 4.79 Å². The van der Waals surface area contributed by atoms with Crippen LogP contribution in [0.15, 0.2) is 30.3 Å². The Balaban J connectivity index is 2.06. The number of Topliss-reactive ketones (excluding diaryl/α,β-unsaturated/α-hetero) is 1. The van der Waals surface area contributed by atoms with E-state index in [1.54, 1.807) is 11.8 Å². The van der Waals surface area contributed by atoms with Crippen molar-refractivity contribution in [3.63, 3.8) is 0 Å². The number of cyclic esters (lactones) is 1. The number of aliphatic hydroxyl groups excluding tert-OH is 1. The molecule has 4 atom stereocenters. The molecule has 0 aromatic heterocycles. The van der Waals surface area contributed by atoms with Crippen LogP contribution < -0.4 is 0 Å². The molecule has 1 saturated heterocycles. The standard InChI is InChI=1S/C29H46N2O6/c1-5-11-26-27(33)23(3)19-25(32)18-22(2)20-30(4)15-16-31(14-9-10-17-36-28(26)34)29(35)37-21-24-12-7-6-8-13-24/h6-8,12-13,22-23,25-26,32H,5,9-11,14-21H2,1-4H3/t22-,23?,25-,26?/m1/s1. The van der Waals surface area contributed by atoms with E-state index in [2.05, 4.69) is 11.8 Å². The molecule has 0 saturated carbocycles. The van der Waals surface area contributed by atoms with E-state index in [0.29, 0.717) is 58.2 Å². The van der Waals surface area contributed by atoms with Crippen molar-refractivity contribution in [3.8, 4) is 0 Å². The van der Waals surface area contributed by atoms with Gasteiger partial charge in [0.05, 0.1) is 12.7 Å². The molecule has 1 aliphatic rings. The van der Waals surface area contributed by atoms with E-state index >= 15 is 0 Å². The molecule has 208 valence electrons. The van der Waals surface area contributed by atoms with Gasteiger partial charge in [-0.2, -0.15) is 0 Å². The molecular weight excluding hydrogens is 472 g/mol. The Kier molecular flexibility index (Phi) is 13.6. The summed E-state index contributed by atoms with van der Waals surface area (Å²) in [7, 11) is 2.01. The van der Waals surface area contributed by atoms with Crippen LogP contribution in [0.1, 0.15) is 64.9 Å². The summed E-state index contributed by atoms with van der Waals surface area (Å²) in [4.78, 5) is 42.5. The average Bonchev–Trinajstić information content (AvgIpc) is 2.86. The zero-order valence-corrected chi connectivity index (χ0v) is 23.1. The second-order valence-corrected chi connectivity index (χ2v) is 10.5. The number of carbonyl (C=O) groups excluding carboxylic acids is 3. The first-order valence-corrected chi connectivity index (χ1v) is 13.7. The van der Waals surface area contributed by atoms with Crippen molar-refractivity contribution >= 4 is 17.8 Å². The number of hydrogen-bond acceptors (Lipinski definition) is 7. The summed E-state index contributed by atoms with van der Waals surface area (Å²) >= 11 is 0. The molecule has 8 heteroatoms. The number of esters is 1. The van der Waals surface area contributed by atoms with E-state index < -0.39 is 23.9 Å². The lowest BCUT2D eigenvalue weighted by molar-refractivity contribution is -0.153. The van der Waals surface area contributed by atoms with Crippen LogP contribution in [-0.2, 0) is 25.7 Å². The Bertz CT molecular complexity index is 833. The Hall–Kier alpha value is -2.45.